The van der Waals surface area contributed by atoms with E-state index < -0.39 is 9.84 Å². The molecule has 130 valence electrons. The third-order valence-electron chi connectivity index (χ3n) is 4.13. The lowest BCUT2D eigenvalue weighted by Crippen LogP contribution is -1.99. The fraction of sp³-hybridized carbons (Fsp3) is 0.0500. The lowest BCUT2D eigenvalue weighted by atomic mass is 10.3. The molecule has 2 aromatic carbocycles. The Hall–Kier alpha value is -3.12. The molecule has 2 aromatic heterocycles. The standard InChI is InChI=1S/C20H17N3O2S/c1-26(24,25)18-10-8-17(9-11-18)23-14-13-15-7-12-19(22-20(15)23)21-16-5-3-2-4-6-16/h2-14H,1H3,(H,21,22). The summed E-state index contributed by atoms with van der Waals surface area (Å²) in [4.78, 5) is 5.01. The molecule has 1 N–H and O–H groups in total. The van der Waals surface area contributed by atoms with Crippen molar-refractivity contribution in [1.82, 2.24) is 9.55 Å². The Bertz CT molecular complexity index is 1160. The van der Waals surface area contributed by atoms with Crippen LogP contribution in [0.2, 0.25) is 0 Å². The summed E-state index contributed by atoms with van der Waals surface area (Å²) < 4.78 is 25.2. The highest BCUT2D eigenvalue weighted by molar-refractivity contribution is 7.90. The van der Waals surface area contributed by atoms with Crippen LogP contribution in [0, 0.1) is 0 Å². The number of aromatic nitrogens is 2. The van der Waals surface area contributed by atoms with Gasteiger partial charge in [-0.2, -0.15) is 0 Å². The topological polar surface area (TPSA) is 64.0 Å². The van der Waals surface area contributed by atoms with Crippen LogP contribution in [-0.4, -0.2) is 24.2 Å². The average Bonchev–Trinajstić information content (AvgIpc) is 3.05. The maximum absolute atomic E-state index is 11.6. The molecule has 26 heavy (non-hydrogen) atoms. The first kappa shape index (κ1) is 16.4. The van der Waals surface area contributed by atoms with Gasteiger partial charge in [0.15, 0.2) is 9.84 Å². The van der Waals surface area contributed by atoms with Gasteiger partial charge in [0.05, 0.1) is 4.90 Å². The van der Waals surface area contributed by atoms with Crippen LogP contribution in [0.5, 0.6) is 0 Å². The third kappa shape index (κ3) is 3.19. The molecule has 2 heterocycles. The van der Waals surface area contributed by atoms with Crippen molar-refractivity contribution in [1.29, 1.82) is 0 Å². The highest BCUT2D eigenvalue weighted by Crippen LogP contribution is 2.23. The Morgan fingerprint density at radius 2 is 1.62 bits per heavy atom. The molecular weight excluding hydrogens is 346 g/mol. The molecule has 4 aromatic rings. The second-order valence-electron chi connectivity index (χ2n) is 6.05. The SMILES string of the molecule is CS(=O)(=O)c1ccc(-n2ccc3ccc(Nc4ccccc4)nc32)cc1. The minimum atomic E-state index is -3.21. The predicted octanol–water partition coefficient (Wildman–Crippen LogP) is 4.17. The number of anilines is 2. The van der Waals surface area contributed by atoms with Crippen molar-refractivity contribution in [2.45, 2.75) is 4.90 Å². The Morgan fingerprint density at radius 1 is 0.885 bits per heavy atom. The molecule has 0 atom stereocenters. The van der Waals surface area contributed by atoms with Gasteiger partial charge in [-0.05, 0) is 54.6 Å². The highest BCUT2D eigenvalue weighted by atomic mass is 32.2. The molecule has 0 amide bonds. The molecule has 0 bridgehead atoms. The monoisotopic (exact) mass is 363 g/mol. The molecule has 6 heteroatoms. The van der Waals surface area contributed by atoms with Crippen LogP contribution in [0.1, 0.15) is 0 Å². The van der Waals surface area contributed by atoms with Crippen LogP contribution in [0.3, 0.4) is 0 Å². The molecule has 0 radical (unpaired) electrons. The maximum Gasteiger partial charge on any atom is 0.175 e. The smallest absolute Gasteiger partial charge is 0.175 e. The molecule has 0 aliphatic heterocycles. The number of rotatable bonds is 4. The van der Waals surface area contributed by atoms with Gasteiger partial charge >= 0.3 is 0 Å². The number of hydrogen-bond donors (Lipinski definition) is 1. The van der Waals surface area contributed by atoms with Crippen molar-refractivity contribution < 1.29 is 8.42 Å². The van der Waals surface area contributed by atoms with E-state index in [0.717, 1.165) is 28.2 Å². The Balaban J connectivity index is 1.73. The Labute approximate surface area is 151 Å². The number of sulfone groups is 1. The zero-order valence-electron chi connectivity index (χ0n) is 14.1. The second kappa shape index (κ2) is 6.31. The summed E-state index contributed by atoms with van der Waals surface area (Å²) >= 11 is 0. The summed E-state index contributed by atoms with van der Waals surface area (Å²) in [5.74, 6) is 0.747. The highest BCUT2D eigenvalue weighted by Gasteiger charge is 2.09. The van der Waals surface area contributed by atoms with Crippen LogP contribution in [0.4, 0.5) is 11.5 Å². The summed E-state index contributed by atoms with van der Waals surface area (Å²) in [6.07, 6.45) is 3.13. The van der Waals surface area contributed by atoms with Crippen molar-refractivity contribution in [2.75, 3.05) is 11.6 Å². The van der Waals surface area contributed by atoms with Crippen LogP contribution >= 0.6 is 0 Å². The number of pyridine rings is 1. The van der Waals surface area contributed by atoms with Gasteiger partial charge in [0.1, 0.15) is 11.5 Å². The van der Waals surface area contributed by atoms with Crippen LogP contribution in [-0.2, 0) is 9.84 Å². The first-order valence-electron chi connectivity index (χ1n) is 8.11. The minimum absolute atomic E-state index is 0.303. The molecule has 5 nitrogen and oxygen atoms in total. The first-order valence-corrected chi connectivity index (χ1v) is 10.0. The lowest BCUT2D eigenvalue weighted by Gasteiger charge is -2.09. The summed E-state index contributed by atoms with van der Waals surface area (Å²) in [5.41, 5.74) is 2.63. The molecule has 0 spiro atoms. The van der Waals surface area contributed by atoms with Crippen LogP contribution < -0.4 is 5.32 Å². The van der Waals surface area contributed by atoms with E-state index in [1.165, 1.54) is 6.26 Å². The molecule has 0 unspecified atom stereocenters. The quantitative estimate of drug-likeness (QED) is 0.591. The van der Waals surface area contributed by atoms with Gasteiger partial charge in [-0.3, -0.25) is 0 Å². The van der Waals surface area contributed by atoms with Gasteiger partial charge in [0.25, 0.3) is 0 Å². The second-order valence-corrected chi connectivity index (χ2v) is 8.07. The number of hydrogen-bond acceptors (Lipinski definition) is 4. The Morgan fingerprint density at radius 3 is 2.31 bits per heavy atom. The molecule has 0 aliphatic rings. The summed E-state index contributed by atoms with van der Waals surface area (Å²) in [6.45, 7) is 0. The molecular formula is C20H17N3O2S. The number of fused-ring (bicyclic) bond motifs is 1. The summed E-state index contributed by atoms with van der Waals surface area (Å²) in [7, 11) is -3.21. The van der Waals surface area contributed by atoms with Gasteiger partial charge in [0.2, 0.25) is 0 Å². The maximum atomic E-state index is 11.6. The van der Waals surface area contributed by atoms with Gasteiger partial charge < -0.3 is 9.88 Å². The van der Waals surface area contributed by atoms with Crippen molar-refractivity contribution in [3.63, 3.8) is 0 Å². The van der Waals surface area contributed by atoms with E-state index in [4.69, 9.17) is 4.98 Å². The lowest BCUT2D eigenvalue weighted by molar-refractivity contribution is 0.602. The summed E-state index contributed by atoms with van der Waals surface area (Å²) in [6, 6.07) is 22.6. The number of benzene rings is 2. The van der Waals surface area contributed by atoms with Crippen molar-refractivity contribution >= 4 is 32.4 Å². The van der Waals surface area contributed by atoms with Crippen molar-refractivity contribution in [2.24, 2.45) is 0 Å². The van der Waals surface area contributed by atoms with Crippen molar-refractivity contribution in [3.8, 4) is 5.69 Å². The molecule has 0 saturated heterocycles. The third-order valence-corrected chi connectivity index (χ3v) is 5.25. The van der Waals surface area contributed by atoms with Gasteiger partial charge in [-0.1, -0.05) is 18.2 Å². The number of nitrogens with zero attached hydrogens (tertiary/aromatic N) is 2. The van der Waals surface area contributed by atoms with Crippen LogP contribution in [0.25, 0.3) is 16.7 Å². The fourth-order valence-electron chi connectivity index (χ4n) is 2.81. The zero-order valence-corrected chi connectivity index (χ0v) is 14.9. The van der Waals surface area contributed by atoms with Gasteiger partial charge in [-0.15, -0.1) is 0 Å². The minimum Gasteiger partial charge on any atom is -0.340 e. The van der Waals surface area contributed by atoms with E-state index >= 15 is 0 Å². The molecule has 4 rings (SSSR count). The largest absolute Gasteiger partial charge is 0.340 e. The van der Waals surface area contributed by atoms with E-state index in [-0.39, 0.29) is 0 Å². The van der Waals surface area contributed by atoms with Crippen LogP contribution in [0.15, 0.2) is 83.9 Å². The van der Waals surface area contributed by atoms with E-state index in [2.05, 4.69) is 5.32 Å². The van der Waals surface area contributed by atoms with E-state index in [9.17, 15) is 8.42 Å². The zero-order chi connectivity index (χ0) is 18.1. The fourth-order valence-corrected chi connectivity index (χ4v) is 3.44. The van der Waals surface area contributed by atoms with Gasteiger partial charge in [0, 0.05) is 29.2 Å². The summed E-state index contributed by atoms with van der Waals surface area (Å²) in [5, 5.41) is 4.30. The normalized spacial score (nSPS) is 11.6. The molecule has 0 saturated carbocycles. The molecule has 0 fully saturated rings. The predicted molar refractivity (Wildman–Crippen MR) is 104 cm³/mol. The Kier molecular flexibility index (Phi) is 3.97. The van der Waals surface area contributed by atoms with Crippen molar-refractivity contribution in [3.05, 3.63) is 79.0 Å². The van der Waals surface area contributed by atoms with E-state index in [1.54, 1.807) is 24.3 Å². The van der Waals surface area contributed by atoms with E-state index in [0.29, 0.717) is 4.90 Å². The molecule has 0 aliphatic carbocycles. The number of nitrogens with one attached hydrogen (secondary N) is 1. The average molecular weight is 363 g/mol. The number of para-hydroxylation sites is 1. The first-order chi connectivity index (χ1) is 12.5. The van der Waals surface area contributed by atoms with Gasteiger partial charge in [-0.25, -0.2) is 13.4 Å². The van der Waals surface area contributed by atoms with E-state index in [1.807, 2.05) is 59.3 Å².